The molecule has 0 aliphatic heterocycles. The fourth-order valence-corrected chi connectivity index (χ4v) is 2.61. The maximum absolute atomic E-state index is 12.1. The highest BCUT2D eigenvalue weighted by Crippen LogP contribution is 2.34. The lowest BCUT2D eigenvalue weighted by molar-refractivity contribution is -0.387. The number of carbonyl (C=O) groups is 1. The van der Waals surface area contributed by atoms with Crippen LogP contribution in [0.1, 0.15) is 30.6 Å². The van der Waals surface area contributed by atoms with Crippen LogP contribution in [0.2, 0.25) is 0 Å². The van der Waals surface area contributed by atoms with E-state index in [0.717, 1.165) is 18.2 Å². The second-order valence-corrected chi connectivity index (χ2v) is 6.06. The van der Waals surface area contributed by atoms with Gasteiger partial charge in [-0.2, -0.15) is 0 Å². The Morgan fingerprint density at radius 3 is 2.83 bits per heavy atom. The Morgan fingerprint density at radius 2 is 2.26 bits per heavy atom. The van der Waals surface area contributed by atoms with E-state index < -0.39 is 4.92 Å². The van der Waals surface area contributed by atoms with E-state index in [1.807, 2.05) is 13.8 Å². The molecule has 122 valence electrons. The fraction of sp³-hybridized carbons (Fsp3) is 0.357. The van der Waals surface area contributed by atoms with E-state index in [2.05, 4.69) is 15.5 Å². The van der Waals surface area contributed by atoms with E-state index in [4.69, 9.17) is 0 Å². The van der Waals surface area contributed by atoms with Crippen LogP contribution < -0.4 is 5.32 Å². The van der Waals surface area contributed by atoms with E-state index in [1.54, 1.807) is 23.7 Å². The summed E-state index contributed by atoms with van der Waals surface area (Å²) in [6.45, 7) is 3.83. The zero-order valence-corrected chi connectivity index (χ0v) is 13.8. The topological polar surface area (TPSA) is 103 Å². The number of hydrogen-bond donors (Lipinski definition) is 1. The van der Waals surface area contributed by atoms with Crippen molar-refractivity contribution in [3.63, 3.8) is 0 Å². The van der Waals surface area contributed by atoms with Gasteiger partial charge in [-0.25, -0.2) is 0 Å². The average molecular weight is 335 g/mol. The zero-order chi connectivity index (χ0) is 17.0. The summed E-state index contributed by atoms with van der Waals surface area (Å²) in [5.74, 6) is -0.322. The van der Waals surface area contributed by atoms with Gasteiger partial charge in [0.15, 0.2) is 5.16 Å². The second kappa shape index (κ2) is 7.23. The van der Waals surface area contributed by atoms with E-state index in [1.165, 1.54) is 12.4 Å². The van der Waals surface area contributed by atoms with Crippen LogP contribution in [0.3, 0.4) is 0 Å². The van der Waals surface area contributed by atoms with E-state index in [0.29, 0.717) is 10.1 Å². The van der Waals surface area contributed by atoms with Gasteiger partial charge in [0.25, 0.3) is 11.6 Å². The minimum absolute atomic E-state index is 0.00857. The van der Waals surface area contributed by atoms with Crippen LogP contribution in [0.4, 0.5) is 5.69 Å². The van der Waals surface area contributed by atoms with Gasteiger partial charge in [0.2, 0.25) is 0 Å². The molecule has 0 radical (unpaired) electrons. The highest BCUT2D eigenvalue weighted by molar-refractivity contribution is 7.99. The number of nitro groups is 1. The van der Waals surface area contributed by atoms with Gasteiger partial charge in [-0.3, -0.25) is 14.9 Å². The molecule has 1 heterocycles. The summed E-state index contributed by atoms with van der Waals surface area (Å²) in [4.78, 5) is 23.3. The Kier molecular flexibility index (Phi) is 5.32. The molecule has 0 fully saturated rings. The van der Waals surface area contributed by atoms with Crippen molar-refractivity contribution in [1.82, 2.24) is 20.1 Å². The molecule has 23 heavy (non-hydrogen) atoms. The highest BCUT2D eigenvalue weighted by Gasteiger charge is 2.20. The van der Waals surface area contributed by atoms with Crippen LogP contribution in [0.15, 0.2) is 34.6 Å². The van der Waals surface area contributed by atoms with Gasteiger partial charge >= 0.3 is 0 Å². The molecule has 0 saturated carbocycles. The Hall–Kier alpha value is -2.42. The van der Waals surface area contributed by atoms with Gasteiger partial charge < -0.3 is 9.88 Å². The van der Waals surface area contributed by atoms with E-state index in [9.17, 15) is 14.9 Å². The molecule has 0 bridgehead atoms. The normalized spacial score (nSPS) is 12.0. The van der Waals surface area contributed by atoms with Crippen LogP contribution in [-0.2, 0) is 7.05 Å². The number of amides is 1. The molecule has 9 heteroatoms. The summed E-state index contributed by atoms with van der Waals surface area (Å²) in [7, 11) is 1.75. The minimum Gasteiger partial charge on any atom is -0.350 e. The van der Waals surface area contributed by atoms with Crippen LogP contribution in [0.5, 0.6) is 0 Å². The van der Waals surface area contributed by atoms with Crippen molar-refractivity contribution in [2.45, 2.75) is 36.4 Å². The third kappa shape index (κ3) is 4.07. The molecule has 1 aromatic carbocycles. The predicted molar refractivity (Wildman–Crippen MR) is 85.4 cm³/mol. The maximum atomic E-state index is 12.1. The van der Waals surface area contributed by atoms with Crippen molar-refractivity contribution >= 4 is 23.4 Å². The number of nitrogens with one attached hydrogen (secondary N) is 1. The van der Waals surface area contributed by atoms with Crippen molar-refractivity contribution in [3.05, 3.63) is 40.2 Å². The number of hydrogen-bond acceptors (Lipinski definition) is 6. The van der Waals surface area contributed by atoms with Gasteiger partial charge in [-0.1, -0.05) is 6.92 Å². The highest BCUT2D eigenvalue weighted by atomic mass is 32.2. The first-order valence-corrected chi connectivity index (χ1v) is 7.85. The lowest BCUT2D eigenvalue weighted by Gasteiger charge is -2.11. The molecule has 0 spiro atoms. The van der Waals surface area contributed by atoms with E-state index >= 15 is 0 Å². The zero-order valence-electron chi connectivity index (χ0n) is 13.0. The number of rotatable bonds is 6. The summed E-state index contributed by atoms with van der Waals surface area (Å²) in [5, 5.41) is 22.3. The molecule has 0 aliphatic carbocycles. The molecular weight excluding hydrogens is 318 g/mol. The van der Waals surface area contributed by atoms with Crippen LogP contribution >= 0.6 is 11.8 Å². The second-order valence-electron chi connectivity index (χ2n) is 5.05. The Labute approximate surface area is 137 Å². The lowest BCUT2D eigenvalue weighted by atomic mass is 10.1. The number of carbonyl (C=O) groups excluding carboxylic acids is 1. The first kappa shape index (κ1) is 16.9. The van der Waals surface area contributed by atoms with Crippen molar-refractivity contribution in [2.24, 2.45) is 7.05 Å². The third-order valence-electron chi connectivity index (χ3n) is 3.28. The van der Waals surface area contributed by atoms with Crippen LogP contribution in [0.25, 0.3) is 0 Å². The first-order chi connectivity index (χ1) is 10.9. The molecule has 1 amide bonds. The number of benzene rings is 1. The smallest absolute Gasteiger partial charge is 0.284 e. The molecule has 1 N–H and O–H groups in total. The molecule has 2 rings (SSSR count). The number of nitrogens with zero attached hydrogens (tertiary/aromatic N) is 4. The average Bonchev–Trinajstić information content (AvgIpc) is 2.92. The number of aromatic nitrogens is 3. The van der Waals surface area contributed by atoms with Gasteiger partial charge in [0.1, 0.15) is 6.33 Å². The summed E-state index contributed by atoms with van der Waals surface area (Å²) in [6, 6.07) is 4.43. The lowest BCUT2D eigenvalue weighted by Crippen LogP contribution is -2.31. The van der Waals surface area contributed by atoms with Gasteiger partial charge in [-0.05, 0) is 37.2 Å². The van der Waals surface area contributed by atoms with Crippen molar-refractivity contribution in [1.29, 1.82) is 0 Å². The third-order valence-corrected chi connectivity index (χ3v) is 4.40. The Balaban J connectivity index is 2.30. The molecule has 1 aromatic heterocycles. The minimum atomic E-state index is -0.501. The SMILES string of the molecule is CCC(C)NC(=O)c1ccc(Sc2nncn2C)c([N+](=O)[O-])c1. The monoisotopic (exact) mass is 335 g/mol. The van der Waals surface area contributed by atoms with Crippen molar-refractivity contribution < 1.29 is 9.72 Å². The molecule has 2 aromatic rings. The van der Waals surface area contributed by atoms with Gasteiger partial charge in [0, 0.05) is 24.7 Å². The standard InChI is InChI=1S/C14H17N5O3S/c1-4-9(2)16-13(20)10-5-6-12(11(7-10)19(21)22)23-14-17-15-8-18(14)3/h5-9H,4H2,1-3H3,(H,16,20). The van der Waals surface area contributed by atoms with Crippen LogP contribution in [-0.4, -0.2) is 31.6 Å². The van der Waals surface area contributed by atoms with Gasteiger partial charge in [0.05, 0.1) is 9.82 Å². The Bertz CT molecular complexity index is 731. The van der Waals surface area contributed by atoms with Crippen LogP contribution in [0, 0.1) is 10.1 Å². The molecule has 0 aliphatic rings. The summed E-state index contributed by atoms with van der Waals surface area (Å²) in [5.41, 5.74) is 0.133. The largest absolute Gasteiger partial charge is 0.350 e. The van der Waals surface area contributed by atoms with E-state index in [-0.39, 0.29) is 23.2 Å². The summed E-state index contributed by atoms with van der Waals surface area (Å²) >= 11 is 1.13. The predicted octanol–water partition coefficient (Wildman–Crippen LogP) is 2.40. The molecule has 1 unspecified atom stereocenters. The molecule has 8 nitrogen and oxygen atoms in total. The quantitative estimate of drug-likeness (QED) is 0.642. The fourth-order valence-electron chi connectivity index (χ4n) is 1.76. The Morgan fingerprint density at radius 1 is 1.52 bits per heavy atom. The molecule has 0 saturated heterocycles. The number of aryl methyl sites for hydroxylation is 1. The van der Waals surface area contributed by atoms with Crippen molar-refractivity contribution in [3.8, 4) is 0 Å². The molecular formula is C14H17N5O3S. The summed E-state index contributed by atoms with van der Waals surface area (Å²) < 4.78 is 1.66. The molecule has 1 atom stereocenters. The first-order valence-electron chi connectivity index (χ1n) is 7.03. The van der Waals surface area contributed by atoms with Gasteiger partial charge in [-0.15, -0.1) is 10.2 Å². The van der Waals surface area contributed by atoms with Crippen molar-refractivity contribution in [2.75, 3.05) is 0 Å². The number of nitro benzene ring substituents is 1. The summed E-state index contributed by atoms with van der Waals surface area (Å²) in [6.07, 6.45) is 2.30. The maximum Gasteiger partial charge on any atom is 0.284 e.